The minimum atomic E-state index is -0.175. The van der Waals surface area contributed by atoms with Gasteiger partial charge in [0.2, 0.25) is 5.91 Å². The summed E-state index contributed by atoms with van der Waals surface area (Å²) >= 11 is 0. The van der Waals surface area contributed by atoms with Crippen molar-refractivity contribution in [2.45, 2.75) is 46.2 Å². The van der Waals surface area contributed by atoms with Gasteiger partial charge in [-0.3, -0.25) is 4.79 Å². The number of hydrogen-bond acceptors (Lipinski definition) is 2. The summed E-state index contributed by atoms with van der Waals surface area (Å²) in [6.07, 6.45) is 0. The van der Waals surface area contributed by atoms with Gasteiger partial charge in [-0.2, -0.15) is 0 Å². The molecule has 3 nitrogen and oxygen atoms in total. The van der Waals surface area contributed by atoms with E-state index >= 15 is 0 Å². The van der Waals surface area contributed by atoms with Crippen molar-refractivity contribution in [1.82, 2.24) is 10.6 Å². The average Bonchev–Trinajstić information content (AvgIpc) is 2.23. The number of aryl methyl sites for hydroxylation is 1. The van der Waals surface area contributed by atoms with E-state index in [0.29, 0.717) is 6.54 Å². The van der Waals surface area contributed by atoms with Gasteiger partial charge in [0.1, 0.15) is 0 Å². The third-order valence-corrected chi connectivity index (χ3v) is 2.63. The first-order valence-corrected chi connectivity index (χ1v) is 6.39. The maximum absolute atomic E-state index is 11.7. The zero-order valence-corrected chi connectivity index (χ0v) is 12.0. The fraction of sp³-hybridized carbons (Fsp3) is 0.533. The zero-order chi connectivity index (χ0) is 13.8. The number of nitrogens with one attached hydrogen (secondary N) is 2. The molecule has 0 saturated carbocycles. The second-order valence-electron chi connectivity index (χ2n) is 5.81. The second-order valence-corrected chi connectivity index (χ2v) is 5.81. The molecule has 1 amide bonds. The number of carbonyl (C=O) groups is 1. The van der Waals surface area contributed by atoms with Gasteiger partial charge < -0.3 is 10.6 Å². The molecule has 0 radical (unpaired) electrons. The Hall–Kier alpha value is -1.35. The van der Waals surface area contributed by atoms with Crippen molar-refractivity contribution in [3.8, 4) is 0 Å². The van der Waals surface area contributed by atoms with E-state index in [-0.39, 0.29) is 17.5 Å². The molecule has 100 valence electrons. The molecule has 0 fully saturated rings. The second kappa shape index (κ2) is 6.01. The maximum Gasteiger partial charge on any atom is 0.234 e. The van der Waals surface area contributed by atoms with Crippen LogP contribution in [-0.2, 0) is 4.79 Å². The first-order valence-electron chi connectivity index (χ1n) is 6.39. The number of benzene rings is 1. The van der Waals surface area contributed by atoms with Crippen LogP contribution in [0, 0.1) is 6.92 Å². The van der Waals surface area contributed by atoms with Crippen LogP contribution in [0.4, 0.5) is 0 Å². The van der Waals surface area contributed by atoms with Gasteiger partial charge in [0.15, 0.2) is 0 Å². The van der Waals surface area contributed by atoms with Crippen molar-refractivity contribution in [3.63, 3.8) is 0 Å². The summed E-state index contributed by atoms with van der Waals surface area (Å²) in [5, 5.41) is 6.17. The molecular weight excluding hydrogens is 224 g/mol. The first-order chi connectivity index (χ1) is 8.28. The molecule has 0 aliphatic heterocycles. The smallest absolute Gasteiger partial charge is 0.234 e. The van der Waals surface area contributed by atoms with Crippen LogP contribution in [0.1, 0.15) is 44.9 Å². The van der Waals surface area contributed by atoms with Gasteiger partial charge in [-0.05, 0) is 40.2 Å². The highest BCUT2D eigenvalue weighted by Gasteiger charge is 2.14. The molecule has 0 bridgehead atoms. The Morgan fingerprint density at radius 3 is 2.56 bits per heavy atom. The van der Waals surface area contributed by atoms with Crippen molar-refractivity contribution in [1.29, 1.82) is 0 Å². The van der Waals surface area contributed by atoms with E-state index in [2.05, 4.69) is 42.7 Å². The Morgan fingerprint density at radius 2 is 2.00 bits per heavy atom. The third-order valence-electron chi connectivity index (χ3n) is 2.63. The summed E-state index contributed by atoms with van der Waals surface area (Å²) in [6, 6.07) is 8.50. The number of rotatable bonds is 4. The van der Waals surface area contributed by atoms with E-state index < -0.39 is 0 Å². The SMILES string of the molecule is Cc1cccc(C(C)NCC(=O)NC(C)(C)C)c1. The Labute approximate surface area is 110 Å². The third kappa shape index (κ3) is 5.32. The Morgan fingerprint density at radius 1 is 1.33 bits per heavy atom. The van der Waals surface area contributed by atoms with E-state index in [1.807, 2.05) is 26.8 Å². The van der Waals surface area contributed by atoms with Gasteiger partial charge in [0, 0.05) is 11.6 Å². The lowest BCUT2D eigenvalue weighted by Gasteiger charge is -2.22. The van der Waals surface area contributed by atoms with Crippen molar-refractivity contribution < 1.29 is 4.79 Å². The van der Waals surface area contributed by atoms with E-state index in [1.165, 1.54) is 11.1 Å². The van der Waals surface area contributed by atoms with Crippen LogP contribution in [0.25, 0.3) is 0 Å². The molecular formula is C15H24N2O. The van der Waals surface area contributed by atoms with Crippen LogP contribution in [0.2, 0.25) is 0 Å². The highest BCUT2D eigenvalue weighted by atomic mass is 16.2. The normalized spacial score (nSPS) is 13.2. The molecule has 2 N–H and O–H groups in total. The van der Waals surface area contributed by atoms with Crippen LogP contribution in [0.15, 0.2) is 24.3 Å². The lowest BCUT2D eigenvalue weighted by molar-refractivity contribution is -0.121. The van der Waals surface area contributed by atoms with E-state index in [0.717, 1.165) is 0 Å². The van der Waals surface area contributed by atoms with Crippen molar-refractivity contribution >= 4 is 5.91 Å². The van der Waals surface area contributed by atoms with Gasteiger partial charge in [0.05, 0.1) is 6.54 Å². The minimum absolute atomic E-state index is 0.0296. The predicted octanol–water partition coefficient (Wildman–Crippen LogP) is 2.56. The summed E-state index contributed by atoms with van der Waals surface area (Å²) in [6.45, 7) is 10.4. The van der Waals surface area contributed by atoms with E-state index in [9.17, 15) is 4.79 Å². The van der Waals surface area contributed by atoms with Crippen LogP contribution < -0.4 is 10.6 Å². The molecule has 0 aliphatic carbocycles. The van der Waals surface area contributed by atoms with E-state index in [4.69, 9.17) is 0 Å². The summed E-state index contributed by atoms with van der Waals surface area (Å²) in [5.41, 5.74) is 2.27. The fourth-order valence-electron chi connectivity index (χ4n) is 1.77. The van der Waals surface area contributed by atoms with Gasteiger partial charge in [-0.15, -0.1) is 0 Å². The van der Waals surface area contributed by atoms with Gasteiger partial charge in [0.25, 0.3) is 0 Å². The molecule has 1 aromatic rings. The molecule has 0 spiro atoms. The molecule has 0 aliphatic rings. The zero-order valence-electron chi connectivity index (χ0n) is 12.0. The van der Waals surface area contributed by atoms with Crippen LogP contribution in [0.5, 0.6) is 0 Å². The maximum atomic E-state index is 11.7. The highest BCUT2D eigenvalue weighted by molar-refractivity contribution is 5.78. The molecule has 0 saturated heterocycles. The highest BCUT2D eigenvalue weighted by Crippen LogP contribution is 2.13. The van der Waals surface area contributed by atoms with Gasteiger partial charge >= 0.3 is 0 Å². The lowest BCUT2D eigenvalue weighted by atomic mass is 10.1. The summed E-state index contributed by atoms with van der Waals surface area (Å²) in [4.78, 5) is 11.7. The Balaban J connectivity index is 2.46. The summed E-state index contributed by atoms with van der Waals surface area (Å²) < 4.78 is 0. The lowest BCUT2D eigenvalue weighted by Crippen LogP contribution is -2.45. The molecule has 0 heterocycles. The standard InChI is InChI=1S/C15H24N2O/c1-11-7-6-8-13(9-11)12(2)16-10-14(18)17-15(3,4)5/h6-9,12,16H,10H2,1-5H3,(H,17,18). The van der Waals surface area contributed by atoms with Crippen molar-refractivity contribution in [2.75, 3.05) is 6.54 Å². The minimum Gasteiger partial charge on any atom is -0.350 e. The molecule has 1 rings (SSSR count). The molecule has 1 unspecified atom stereocenters. The molecule has 0 aromatic heterocycles. The topological polar surface area (TPSA) is 41.1 Å². The Kier molecular flexibility index (Phi) is 4.91. The average molecular weight is 248 g/mol. The van der Waals surface area contributed by atoms with Gasteiger partial charge in [-0.1, -0.05) is 29.8 Å². The van der Waals surface area contributed by atoms with E-state index in [1.54, 1.807) is 0 Å². The number of hydrogen-bond donors (Lipinski definition) is 2. The van der Waals surface area contributed by atoms with Gasteiger partial charge in [-0.25, -0.2) is 0 Å². The predicted molar refractivity (Wildman–Crippen MR) is 75.5 cm³/mol. The molecule has 18 heavy (non-hydrogen) atoms. The molecule has 1 atom stereocenters. The Bertz CT molecular complexity index is 407. The first kappa shape index (κ1) is 14.7. The van der Waals surface area contributed by atoms with Crippen LogP contribution in [-0.4, -0.2) is 18.0 Å². The molecule has 3 heteroatoms. The monoisotopic (exact) mass is 248 g/mol. The summed E-state index contributed by atoms with van der Waals surface area (Å²) in [7, 11) is 0. The quantitative estimate of drug-likeness (QED) is 0.860. The summed E-state index contributed by atoms with van der Waals surface area (Å²) in [5.74, 6) is 0.0296. The van der Waals surface area contributed by atoms with Crippen LogP contribution >= 0.6 is 0 Å². The largest absolute Gasteiger partial charge is 0.350 e. The fourth-order valence-corrected chi connectivity index (χ4v) is 1.77. The number of amides is 1. The molecule has 1 aromatic carbocycles. The van der Waals surface area contributed by atoms with Crippen molar-refractivity contribution in [2.24, 2.45) is 0 Å². The van der Waals surface area contributed by atoms with Crippen molar-refractivity contribution in [3.05, 3.63) is 35.4 Å². The number of carbonyl (C=O) groups excluding carboxylic acids is 1. The van der Waals surface area contributed by atoms with Crippen LogP contribution in [0.3, 0.4) is 0 Å².